The Bertz CT molecular complexity index is 579. The van der Waals surface area contributed by atoms with Gasteiger partial charge in [-0.25, -0.2) is 12.8 Å². The summed E-state index contributed by atoms with van der Waals surface area (Å²) in [7, 11) is -3.88. The van der Waals surface area contributed by atoms with Gasteiger partial charge in [0.25, 0.3) is 0 Å². The van der Waals surface area contributed by atoms with Crippen molar-refractivity contribution in [2.75, 3.05) is 6.54 Å². The molecular formula is C12H16BrFN2O2S. The van der Waals surface area contributed by atoms with Crippen molar-refractivity contribution in [3.63, 3.8) is 0 Å². The van der Waals surface area contributed by atoms with Gasteiger partial charge in [-0.3, -0.25) is 0 Å². The summed E-state index contributed by atoms with van der Waals surface area (Å²) < 4.78 is 40.5. The number of sulfonamides is 1. The van der Waals surface area contributed by atoms with Crippen LogP contribution in [0.2, 0.25) is 0 Å². The van der Waals surface area contributed by atoms with Gasteiger partial charge in [0.05, 0.1) is 6.17 Å². The lowest BCUT2D eigenvalue weighted by Crippen LogP contribution is -2.52. The summed E-state index contributed by atoms with van der Waals surface area (Å²) in [6.45, 7) is 2.24. The van der Waals surface area contributed by atoms with E-state index in [-0.39, 0.29) is 10.8 Å². The Morgan fingerprint density at radius 3 is 2.79 bits per heavy atom. The molecule has 2 rings (SSSR count). The maximum Gasteiger partial charge on any atom is 0.247 e. The predicted octanol–water partition coefficient (Wildman–Crippen LogP) is 2.29. The topological polar surface area (TPSA) is 63.4 Å². The summed E-state index contributed by atoms with van der Waals surface area (Å²) in [6.07, 6.45) is 1.03. The van der Waals surface area contributed by atoms with Crippen LogP contribution in [0.1, 0.15) is 19.8 Å². The van der Waals surface area contributed by atoms with Crippen molar-refractivity contribution in [1.82, 2.24) is 4.31 Å². The molecule has 1 aromatic carbocycles. The van der Waals surface area contributed by atoms with Gasteiger partial charge in [0, 0.05) is 11.0 Å². The quantitative estimate of drug-likeness (QED) is 0.889. The van der Waals surface area contributed by atoms with Crippen molar-refractivity contribution in [3.05, 3.63) is 28.5 Å². The molecule has 1 saturated heterocycles. The van der Waals surface area contributed by atoms with Crippen LogP contribution in [0.25, 0.3) is 0 Å². The zero-order valence-electron chi connectivity index (χ0n) is 10.5. The number of piperidine rings is 1. The van der Waals surface area contributed by atoms with E-state index >= 15 is 0 Å². The molecule has 7 heteroatoms. The summed E-state index contributed by atoms with van der Waals surface area (Å²) >= 11 is 3.11. The van der Waals surface area contributed by atoms with E-state index in [1.165, 1.54) is 16.4 Å². The van der Waals surface area contributed by atoms with E-state index in [4.69, 9.17) is 5.73 Å². The molecule has 0 aromatic heterocycles. The van der Waals surface area contributed by atoms with Crippen molar-refractivity contribution < 1.29 is 12.8 Å². The van der Waals surface area contributed by atoms with Gasteiger partial charge in [-0.2, -0.15) is 4.31 Å². The number of nitrogens with zero attached hydrogens (tertiary/aromatic N) is 1. The SMILES string of the molecule is CC1CCCN(S(=O)(=O)c2ccc(Br)cc2F)C1N. The third-order valence-corrected chi connectivity index (χ3v) is 5.86. The average molecular weight is 351 g/mol. The fourth-order valence-corrected chi connectivity index (χ4v) is 4.29. The number of halogens is 2. The minimum absolute atomic E-state index is 0.0713. The van der Waals surface area contributed by atoms with Crippen LogP contribution in [0, 0.1) is 11.7 Å². The first-order chi connectivity index (χ1) is 8.84. The second-order valence-electron chi connectivity index (χ2n) is 4.80. The van der Waals surface area contributed by atoms with E-state index < -0.39 is 22.0 Å². The number of nitrogens with two attached hydrogens (primary N) is 1. The molecule has 0 spiro atoms. The highest BCUT2D eigenvalue weighted by molar-refractivity contribution is 9.10. The molecule has 0 aliphatic carbocycles. The molecule has 1 aliphatic heterocycles. The number of hydrogen-bond donors (Lipinski definition) is 1. The average Bonchev–Trinajstić information content (AvgIpc) is 2.31. The second kappa shape index (κ2) is 5.47. The van der Waals surface area contributed by atoms with Crippen LogP contribution >= 0.6 is 15.9 Å². The standard InChI is InChI=1S/C12H16BrFN2O2S/c1-8-3-2-6-16(12(8)15)19(17,18)11-5-4-9(13)7-10(11)14/h4-5,7-8,12H,2-3,6,15H2,1H3. The van der Waals surface area contributed by atoms with Crippen LogP contribution in [0.15, 0.2) is 27.6 Å². The number of rotatable bonds is 2. The predicted molar refractivity (Wildman–Crippen MR) is 74.4 cm³/mol. The molecule has 1 aromatic rings. The van der Waals surface area contributed by atoms with Crippen LogP contribution in [0.3, 0.4) is 0 Å². The lowest BCUT2D eigenvalue weighted by molar-refractivity contribution is 0.192. The van der Waals surface area contributed by atoms with Gasteiger partial charge in [0.15, 0.2) is 0 Å². The van der Waals surface area contributed by atoms with Gasteiger partial charge in [-0.1, -0.05) is 22.9 Å². The molecule has 0 radical (unpaired) electrons. The van der Waals surface area contributed by atoms with Crippen LogP contribution in [-0.4, -0.2) is 25.4 Å². The molecule has 106 valence electrons. The molecule has 1 heterocycles. The van der Waals surface area contributed by atoms with E-state index in [0.717, 1.165) is 18.9 Å². The summed E-state index contributed by atoms with van der Waals surface area (Å²) in [4.78, 5) is -0.319. The molecule has 0 amide bonds. The van der Waals surface area contributed by atoms with Crippen molar-refractivity contribution in [3.8, 4) is 0 Å². The normalized spacial score (nSPS) is 25.5. The van der Waals surface area contributed by atoms with Gasteiger partial charge in [-0.15, -0.1) is 0 Å². The van der Waals surface area contributed by atoms with Gasteiger partial charge < -0.3 is 5.73 Å². The lowest BCUT2D eigenvalue weighted by Gasteiger charge is -2.36. The first-order valence-corrected chi connectivity index (χ1v) is 8.30. The highest BCUT2D eigenvalue weighted by Gasteiger charge is 2.36. The highest BCUT2D eigenvalue weighted by Crippen LogP contribution is 2.28. The van der Waals surface area contributed by atoms with Gasteiger partial charge in [0.2, 0.25) is 10.0 Å². The van der Waals surface area contributed by atoms with Crippen molar-refractivity contribution in [2.24, 2.45) is 11.7 Å². The van der Waals surface area contributed by atoms with E-state index in [1.54, 1.807) is 0 Å². The molecule has 1 aliphatic rings. The fraction of sp³-hybridized carbons (Fsp3) is 0.500. The zero-order chi connectivity index (χ0) is 14.2. The highest BCUT2D eigenvalue weighted by atomic mass is 79.9. The summed E-state index contributed by atoms with van der Waals surface area (Å²) in [6, 6.07) is 3.92. The summed E-state index contributed by atoms with van der Waals surface area (Å²) in [5.41, 5.74) is 5.94. The van der Waals surface area contributed by atoms with Crippen LogP contribution in [-0.2, 0) is 10.0 Å². The minimum atomic E-state index is -3.88. The Kier molecular flexibility index (Phi) is 4.29. The molecule has 1 fully saturated rings. The van der Waals surface area contributed by atoms with E-state index in [9.17, 15) is 12.8 Å². The summed E-state index contributed by atoms with van der Waals surface area (Å²) in [5.74, 6) is -0.693. The fourth-order valence-electron chi connectivity index (χ4n) is 2.26. The van der Waals surface area contributed by atoms with Crippen molar-refractivity contribution in [2.45, 2.75) is 30.8 Å². The Morgan fingerprint density at radius 1 is 1.47 bits per heavy atom. The van der Waals surface area contributed by atoms with Crippen LogP contribution in [0.5, 0.6) is 0 Å². The van der Waals surface area contributed by atoms with Crippen LogP contribution < -0.4 is 5.73 Å². The Balaban J connectivity index is 2.41. The monoisotopic (exact) mass is 350 g/mol. The smallest absolute Gasteiger partial charge is 0.247 e. The number of hydrogen-bond acceptors (Lipinski definition) is 3. The Morgan fingerprint density at radius 2 is 2.16 bits per heavy atom. The molecule has 2 unspecified atom stereocenters. The Labute approximate surface area is 121 Å². The summed E-state index contributed by atoms with van der Waals surface area (Å²) in [5, 5.41) is 0. The third kappa shape index (κ3) is 2.84. The zero-order valence-corrected chi connectivity index (χ0v) is 12.9. The lowest BCUT2D eigenvalue weighted by atomic mass is 9.99. The third-order valence-electron chi connectivity index (χ3n) is 3.43. The second-order valence-corrected chi connectivity index (χ2v) is 7.58. The molecule has 2 atom stereocenters. The van der Waals surface area contributed by atoms with Gasteiger partial charge in [0.1, 0.15) is 10.7 Å². The molecule has 19 heavy (non-hydrogen) atoms. The van der Waals surface area contributed by atoms with Gasteiger partial charge in [-0.05, 0) is 37.0 Å². The number of benzene rings is 1. The maximum atomic E-state index is 13.8. The van der Waals surface area contributed by atoms with Crippen molar-refractivity contribution in [1.29, 1.82) is 0 Å². The largest absolute Gasteiger partial charge is 0.315 e. The molecule has 0 bridgehead atoms. The van der Waals surface area contributed by atoms with Gasteiger partial charge >= 0.3 is 0 Å². The van der Waals surface area contributed by atoms with E-state index in [1.807, 2.05) is 6.92 Å². The van der Waals surface area contributed by atoms with E-state index in [0.29, 0.717) is 11.0 Å². The maximum absolute atomic E-state index is 13.8. The van der Waals surface area contributed by atoms with Crippen LogP contribution in [0.4, 0.5) is 4.39 Å². The first-order valence-electron chi connectivity index (χ1n) is 6.06. The van der Waals surface area contributed by atoms with Crippen molar-refractivity contribution >= 4 is 26.0 Å². The molecular weight excluding hydrogens is 335 g/mol. The first kappa shape index (κ1) is 14.9. The van der Waals surface area contributed by atoms with E-state index in [2.05, 4.69) is 15.9 Å². The minimum Gasteiger partial charge on any atom is -0.315 e. The molecule has 0 saturated carbocycles. The Hall–Kier alpha value is -0.500. The molecule has 4 nitrogen and oxygen atoms in total. The molecule has 2 N–H and O–H groups in total.